The molecule has 6 nitrogen and oxygen atoms in total. The summed E-state index contributed by atoms with van der Waals surface area (Å²) in [6.07, 6.45) is 5.58. The molecule has 0 aromatic carbocycles. The van der Waals surface area contributed by atoms with Crippen molar-refractivity contribution in [2.24, 2.45) is 11.3 Å². The van der Waals surface area contributed by atoms with Crippen molar-refractivity contribution < 1.29 is 13.7 Å². The van der Waals surface area contributed by atoms with E-state index < -0.39 is 0 Å². The van der Waals surface area contributed by atoms with Gasteiger partial charge in [-0.25, -0.2) is 0 Å². The molecule has 2 aromatic heterocycles. The predicted octanol–water partition coefficient (Wildman–Crippen LogP) is 2.59. The quantitative estimate of drug-likeness (QED) is 0.942. The summed E-state index contributed by atoms with van der Waals surface area (Å²) in [5, 5.41) is 6.97. The first-order chi connectivity index (χ1) is 10.5. The molecular weight excluding hydrogens is 282 g/mol. The van der Waals surface area contributed by atoms with Crippen LogP contribution in [-0.2, 0) is 12.8 Å². The normalized spacial score (nSPS) is 20.4. The van der Waals surface area contributed by atoms with Crippen LogP contribution in [0.15, 0.2) is 15.2 Å². The Morgan fingerprint density at radius 3 is 3.00 bits per heavy atom. The third-order valence-electron chi connectivity index (χ3n) is 4.33. The maximum absolute atomic E-state index is 12.4. The number of fused-ring (bicyclic) bond motifs is 1. The number of rotatable bonds is 3. The molecule has 0 bridgehead atoms. The first-order valence-corrected chi connectivity index (χ1v) is 7.73. The predicted molar refractivity (Wildman–Crippen MR) is 78.2 cm³/mol. The van der Waals surface area contributed by atoms with Crippen molar-refractivity contribution in [1.82, 2.24) is 15.5 Å². The zero-order valence-electron chi connectivity index (χ0n) is 12.8. The molecule has 22 heavy (non-hydrogen) atoms. The number of aromatic nitrogens is 2. The van der Waals surface area contributed by atoms with Crippen LogP contribution in [0, 0.1) is 11.3 Å². The first-order valence-electron chi connectivity index (χ1n) is 7.73. The number of amides is 1. The second-order valence-corrected chi connectivity index (χ2v) is 7.13. The molecular formula is C16H19N3O3. The molecule has 0 radical (unpaired) electrons. The van der Waals surface area contributed by atoms with Gasteiger partial charge in [-0.3, -0.25) is 4.79 Å². The fraction of sp³-hybridized carbons (Fsp3) is 0.562. The smallest absolute Gasteiger partial charge is 0.262 e. The maximum atomic E-state index is 12.4. The molecule has 1 aliphatic heterocycles. The SMILES string of the molecule is CC1(C)CNC(=O)c2c(-c3nc(CC4CC4)no3)coc2C1. The van der Waals surface area contributed by atoms with Gasteiger partial charge >= 0.3 is 0 Å². The number of carbonyl (C=O) groups is 1. The fourth-order valence-electron chi connectivity index (χ4n) is 2.87. The molecule has 0 atom stereocenters. The number of carbonyl (C=O) groups excluding carboxylic acids is 1. The van der Waals surface area contributed by atoms with E-state index in [0.29, 0.717) is 47.5 Å². The lowest BCUT2D eigenvalue weighted by Gasteiger charge is -2.20. The van der Waals surface area contributed by atoms with Crippen LogP contribution in [0.3, 0.4) is 0 Å². The van der Waals surface area contributed by atoms with Crippen molar-refractivity contribution in [3.05, 3.63) is 23.4 Å². The van der Waals surface area contributed by atoms with Gasteiger partial charge in [0.2, 0.25) is 0 Å². The number of hydrogen-bond acceptors (Lipinski definition) is 5. The Labute approximate surface area is 128 Å². The maximum Gasteiger partial charge on any atom is 0.262 e. The van der Waals surface area contributed by atoms with Crippen molar-refractivity contribution in [2.45, 2.75) is 39.5 Å². The summed E-state index contributed by atoms with van der Waals surface area (Å²) in [5.41, 5.74) is 1.09. The summed E-state index contributed by atoms with van der Waals surface area (Å²) >= 11 is 0. The highest BCUT2D eigenvalue weighted by molar-refractivity contribution is 6.01. The van der Waals surface area contributed by atoms with Gasteiger partial charge in [0.25, 0.3) is 11.8 Å². The molecule has 2 aliphatic rings. The molecule has 0 unspecified atom stereocenters. The molecule has 2 aromatic rings. The van der Waals surface area contributed by atoms with E-state index >= 15 is 0 Å². The van der Waals surface area contributed by atoms with Crippen molar-refractivity contribution in [3.8, 4) is 11.5 Å². The zero-order chi connectivity index (χ0) is 15.3. The molecule has 1 amide bonds. The van der Waals surface area contributed by atoms with E-state index in [4.69, 9.17) is 8.94 Å². The van der Waals surface area contributed by atoms with E-state index in [0.717, 1.165) is 6.42 Å². The molecule has 116 valence electrons. The summed E-state index contributed by atoms with van der Waals surface area (Å²) < 4.78 is 11.0. The lowest BCUT2D eigenvalue weighted by molar-refractivity contribution is 0.0945. The van der Waals surface area contributed by atoms with Gasteiger partial charge in [-0.05, 0) is 24.2 Å². The van der Waals surface area contributed by atoms with Crippen LogP contribution in [0.2, 0.25) is 0 Å². The Balaban J connectivity index is 1.69. The molecule has 6 heteroatoms. The zero-order valence-corrected chi connectivity index (χ0v) is 12.8. The highest BCUT2D eigenvalue weighted by Crippen LogP contribution is 2.35. The Morgan fingerprint density at radius 1 is 1.41 bits per heavy atom. The summed E-state index contributed by atoms with van der Waals surface area (Å²) in [5.74, 6) is 2.33. The van der Waals surface area contributed by atoms with Crippen molar-refractivity contribution in [2.75, 3.05) is 6.54 Å². The highest BCUT2D eigenvalue weighted by Gasteiger charge is 2.33. The lowest BCUT2D eigenvalue weighted by atomic mass is 9.88. The third kappa shape index (κ3) is 2.42. The summed E-state index contributed by atoms with van der Waals surface area (Å²) in [6, 6.07) is 0. The second kappa shape index (κ2) is 4.69. The van der Waals surface area contributed by atoms with E-state index in [1.807, 2.05) is 0 Å². The fourth-order valence-corrected chi connectivity index (χ4v) is 2.87. The van der Waals surface area contributed by atoms with Crippen LogP contribution in [0.1, 0.15) is 48.6 Å². The van der Waals surface area contributed by atoms with Gasteiger partial charge in [0.15, 0.2) is 5.82 Å². The van der Waals surface area contributed by atoms with E-state index in [-0.39, 0.29) is 11.3 Å². The van der Waals surface area contributed by atoms with E-state index in [2.05, 4.69) is 29.3 Å². The Bertz CT molecular complexity index is 725. The average Bonchev–Trinajstić information content (AvgIpc) is 3.02. The Morgan fingerprint density at radius 2 is 2.23 bits per heavy atom. The highest BCUT2D eigenvalue weighted by atomic mass is 16.5. The van der Waals surface area contributed by atoms with E-state index in [1.165, 1.54) is 12.8 Å². The van der Waals surface area contributed by atoms with Gasteiger partial charge in [-0.15, -0.1) is 0 Å². The van der Waals surface area contributed by atoms with Crippen LogP contribution >= 0.6 is 0 Å². The molecule has 1 saturated carbocycles. The van der Waals surface area contributed by atoms with E-state index in [1.54, 1.807) is 6.26 Å². The summed E-state index contributed by atoms with van der Waals surface area (Å²) in [4.78, 5) is 16.8. The molecule has 3 heterocycles. The number of hydrogen-bond donors (Lipinski definition) is 1. The van der Waals surface area contributed by atoms with Crippen molar-refractivity contribution in [1.29, 1.82) is 0 Å². The van der Waals surface area contributed by atoms with Crippen LogP contribution in [-0.4, -0.2) is 22.6 Å². The monoisotopic (exact) mass is 301 g/mol. The molecule has 1 fully saturated rings. The molecule has 0 saturated heterocycles. The summed E-state index contributed by atoms with van der Waals surface area (Å²) in [6.45, 7) is 4.82. The van der Waals surface area contributed by atoms with Crippen molar-refractivity contribution in [3.63, 3.8) is 0 Å². The topological polar surface area (TPSA) is 81.2 Å². The van der Waals surface area contributed by atoms with Gasteiger partial charge in [0, 0.05) is 19.4 Å². The van der Waals surface area contributed by atoms with Gasteiger partial charge in [0.05, 0.1) is 11.1 Å². The Hall–Kier alpha value is -2.11. The third-order valence-corrected chi connectivity index (χ3v) is 4.33. The van der Waals surface area contributed by atoms with Crippen LogP contribution in [0.4, 0.5) is 0 Å². The molecule has 1 aliphatic carbocycles. The van der Waals surface area contributed by atoms with Gasteiger partial charge in [-0.1, -0.05) is 19.0 Å². The standard InChI is InChI=1S/C16H19N3O3/c1-16(2)6-11-13(14(20)17-8-16)10(7-21-11)15-18-12(19-22-15)5-9-3-4-9/h7,9H,3-6,8H2,1-2H3,(H,17,20). The van der Waals surface area contributed by atoms with Crippen LogP contribution in [0.25, 0.3) is 11.5 Å². The second-order valence-electron chi connectivity index (χ2n) is 7.13. The minimum Gasteiger partial charge on any atom is -0.468 e. The first kappa shape index (κ1) is 13.5. The average molecular weight is 301 g/mol. The molecule has 1 N–H and O–H groups in total. The largest absolute Gasteiger partial charge is 0.468 e. The summed E-state index contributed by atoms with van der Waals surface area (Å²) in [7, 11) is 0. The van der Waals surface area contributed by atoms with Crippen molar-refractivity contribution >= 4 is 5.91 Å². The molecule has 0 spiro atoms. The minimum atomic E-state index is -0.133. The number of furan rings is 1. The lowest BCUT2D eigenvalue weighted by Crippen LogP contribution is -2.31. The van der Waals surface area contributed by atoms with Crippen LogP contribution < -0.4 is 5.32 Å². The van der Waals surface area contributed by atoms with Gasteiger partial charge in [0.1, 0.15) is 12.0 Å². The van der Waals surface area contributed by atoms with Gasteiger partial charge in [-0.2, -0.15) is 4.98 Å². The van der Waals surface area contributed by atoms with Crippen LogP contribution in [0.5, 0.6) is 0 Å². The number of nitrogens with zero attached hydrogens (tertiary/aromatic N) is 2. The number of nitrogens with one attached hydrogen (secondary N) is 1. The van der Waals surface area contributed by atoms with Gasteiger partial charge < -0.3 is 14.3 Å². The molecule has 4 rings (SSSR count). The Kier molecular flexibility index (Phi) is 2.89. The minimum absolute atomic E-state index is 0.0397. The van der Waals surface area contributed by atoms with E-state index in [9.17, 15) is 4.79 Å².